The summed E-state index contributed by atoms with van der Waals surface area (Å²) in [6.07, 6.45) is 5.26. The summed E-state index contributed by atoms with van der Waals surface area (Å²) in [6.45, 7) is 1.81. The second kappa shape index (κ2) is 11.9. The molecule has 1 aliphatic heterocycles. The normalized spacial score (nSPS) is 18.0. The quantitative estimate of drug-likeness (QED) is 0.316. The van der Waals surface area contributed by atoms with E-state index in [0.717, 1.165) is 76.8 Å². The molecule has 7 heteroatoms. The van der Waals surface area contributed by atoms with Crippen LogP contribution in [0, 0.1) is 0 Å². The average Bonchev–Trinajstić information content (AvgIpc) is 2.93. The third kappa shape index (κ3) is 5.32. The zero-order chi connectivity index (χ0) is 26.6. The summed E-state index contributed by atoms with van der Waals surface area (Å²) in [4.78, 5) is 29.2. The Balaban J connectivity index is 1.53. The van der Waals surface area contributed by atoms with Gasteiger partial charge in [0.15, 0.2) is 23.1 Å². The number of carbonyl (C=O) groups excluding carboxylic acids is 2. The largest absolute Gasteiger partial charge is 0.493 e. The molecule has 2 aliphatic carbocycles. The van der Waals surface area contributed by atoms with Gasteiger partial charge < -0.3 is 19.1 Å². The lowest BCUT2D eigenvalue weighted by molar-refractivity contribution is -0.117. The molecule has 0 radical (unpaired) electrons. The van der Waals surface area contributed by atoms with Crippen molar-refractivity contribution in [1.82, 2.24) is 4.90 Å². The fourth-order valence-corrected chi connectivity index (χ4v) is 6.18. The standard InChI is InChI=1S/C31H34BrNO5/c1-36-17-5-16-33-23-6-3-8-25(34)30(23)29(31-24(33)7-4-9-26(31)35)21-12-15-27(28(18-21)37-2)38-19-20-10-13-22(32)14-11-20/h10-15,18,29H,3-9,16-17,19H2,1-2H3. The van der Waals surface area contributed by atoms with Gasteiger partial charge in [0, 0.05) is 66.0 Å². The van der Waals surface area contributed by atoms with Crippen LogP contribution >= 0.6 is 15.9 Å². The van der Waals surface area contributed by atoms with E-state index in [4.69, 9.17) is 14.2 Å². The Kier molecular flexibility index (Phi) is 8.34. The fourth-order valence-electron chi connectivity index (χ4n) is 5.91. The number of allylic oxidation sites excluding steroid dienone is 4. The van der Waals surface area contributed by atoms with Gasteiger partial charge in [-0.2, -0.15) is 0 Å². The number of benzene rings is 2. The first-order valence-electron chi connectivity index (χ1n) is 13.4. The van der Waals surface area contributed by atoms with Crippen molar-refractivity contribution >= 4 is 27.5 Å². The first-order valence-corrected chi connectivity index (χ1v) is 14.1. The Morgan fingerprint density at radius 3 is 2.13 bits per heavy atom. The lowest BCUT2D eigenvalue weighted by atomic mass is 9.71. The van der Waals surface area contributed by atoms with Crippen molar-refractivity contribution in [2.24, 2.45) is 0 Å². The van der Waals surface area contributed by atoms with Crippen molar-refractivity contribution in [2.45, 2.75) is 57.5 Å². The molecule has 0 fully saturated rings. The number of nitrogens with zero attached hydrogens (tertiary/aromatic N) is 1. The van der Waals surface area contributed by atoms with Crippen molar-refractivity contribution in [1.29, 1.82) is 0 Å². The number of ketones is 2. The van der Waals surface area contributed by atoms with Gasteiger partial charge >= 0.3 is 0 Å². The summed E-state index contributed by atoms with van der Waals surface area (Å²) in [6, 6.07) is 13.8. The molecule has 0 aromatic heterocycles. The highest BCUT2D eigenvalue weighted by Gasteiger charge is 2.43. The Labute approximate surface area is 232 Å². The monoisotopic (exact) mass is 579 g/mol. The van der Waals surface area contributed by atoms with Crippen molar-refractivity contribution in [3.63, 3.8) is 0 Å². The summed E-state index contributed by atoms with van der Waals surface area (Å²) >= 11 is 3.46. The minimum atomic E-state index is -0.367. The summed E-state index contributed by atoms with van der Waals surface area (Å²) in [5.74, 6) is 1.15. The Morgan fingerprint density at radius 2 is 1.53 bits per heavy atom. The molecule has 0 atom stereocenters. The highest BCUT2D eigenvalue weighted by atomic mass is 79.9. The molecule has 0 spiro atoms. The highest BCUT2D eigenvalue weighted by molar-refractivity contribution is 9.10. The highest BCUT2D eigenvalue weighted by Crippen LogP contribution is 2.50. The number of ether oxygens (including phenoxy) is 3. The minimum absolute atomic E-state index is 0.146. The number of halogens is 1. The maximum Gasteiger partial charge on any atom is 0.161 e. The summed E-state index contributed by atoms with van der Waals surface area (Å²) in [5.41, 5.74) is 5.70. The maximum atomic E-state index is 13.5. The number of carbonyl (C=O) groups is 2. The van der Waals surface area contributed by atoms with E-state index in [2.05, 4.69) is 20.8 Å². The molecule has 200 valence electrons. The van der Waals surface area contributed by atoms with Crippen LogP contribution in [0.4, 0.5) is 0 Å². The van der Waals surface area contributed by atoms with E-state index in [1.807, 2.05) is 42.5 Å². The van der Waals surface area contributed by atoms with Crippen LogP contribution < -0.4 is 9.47 Å². The SMILES string of the molecule is COCCCN1C2=C(C(=O)CCC2)C(c2ccc(OCc3ccc(Br)cc3)c(OC)c2)C2=C1CCCC2=O. The molecule has 0 saturated heterocycles. The third-order valence-corrected chi connectivity index (χ3v) is 8.17. The van der Waals surface area contributed by atoms with E-state index < -0.39 is 0 Å². The molecule has 5 rings (SSSR count). The van der Waals surface area contributed by atoms with Gasteiger partial charge in [-0.05, 0) is 67.5 Å². The second-order valence-electron chi connectivity index (χ2n) is 10.0. The number of hydrogen-bond acceptors (Lipinski definition) is 6. The number of hydrogen-bond donors (Lipinski definition) is 0. The van der Waals surface area contributed by atoms with Crippen LogP contribution in [0.1, 0.15) is 62.0 Å². The topological polar surface area (TPSA) is 65.1 Å². The van der Waals surface area contributed by atoms with Crippen LogP contribution in [0.15, 0.2) is 69.5 Å². The molecular weight excluding hydrogens is 546 g/mol. The predicted molar refractivity (Wildman–Crippen MR) is 149 cm³/mol. The molecular formula is C31H34BrNO5. The van der Waals surface area contributed by atoms with Crippen LogP contribution in [-0.2, 0) is 20.9 Å². The van der Waals surface area contributed by atoms with Gasteiger partial charge in [-0.3, -0.25) is 9.59 Å². The first-order chi connectivity index (χ1) is 18.5. The summed E-state index contributed by atoms with van der Waals surface area (Å²) < 4.78 is 18.2. The molecule has 6 nitrogen and oxygen atoms in total. The molecule has 0 bridgehead atoms. The molecule has 1 heterocycles. The smallest absolute Gasteiger partial charge is 0.161 e. The molecule has 0 unspecified atom stereocenters. The maximum absolute atomic E-state index is 13.5. The zero-order valence-corrected chi connectivity index (χ0v) is 23.6. The van der Waals surface area contributed by atoms with Gasteiger partial charge in [0.25, 0.3) is 0 Å². The van der Waals surface area contributed by atoms with E-state index in [-0.39, 0.29) is 17.5 Å². The molecule has 2 aromatic rings. The fraction of sp³-hybridized carbons (Fsp3) is 0.419. The Hall–Kier alpha value is -2.90. The molecule has 0 saturated carbocycles. The van der Waals surface area contributed by atoms with Crippen LogP contribution in [-0.4, -0.2) is 43.8 Å². The van der Waals surface area contributed by atoms with Gasteiger partial charge in [0.05, 0.1) is 7.11 Å². The van der Waals surface area contributed by atoms with E-state index in [9.17, 15) is 9.59 Å². The Morgan fingerprint density at radius 1 is 0.868 bits per heavy atom. The van der Waals surface area contributed by atoms with Crippen molar-refractivity contribution in [3.8, 4) is 11.5 Å². The summed E-state index contributed by atoms with van der Waals surface area (Å²) in [7, 11) is 3.33. The Bertz CT molecular complexity index is 1240. The van der Waals surface area contributed by atoms with Gasteiger partial charge in [-0.15, -0.1) is 0 Å². The molecule has 0 N–H and O–H groups in total. The summed E-state index contributed by atoms with van der Waals surface area (Å²) in [5, 5.41) is 0. The molecule has 38 heavy (non-hydrogen) atoms. The van der Waals surface area contributed by atoms with Gasteiger partial charge in [-0.25, -0.2) is 0 Å². The number of rotatable bonds is 9. The van der Waals surface area contributed by atoms with E-state index in [0.29, 0.717) is 37.6 Å². The average molecular weight is 581 g/mol. The van der Waals surface area contributed by atoms with Crippen LogP contribution in [0.25, 0.3) is 0 Å². The third-order valence-electron chi connectivity index (χ3n) is 7.65. The lowest BCUT2D eigenvalue weighted by Crippen LogP contribution is -2.39. The van der Waals surface area contributed by atoms with E-state index in [1.165, 1.54) is 0 Å². The van der Waals surface area contributed by atoms with Crippen LogP contribution in [0.2, 0.25) is 0 Å². The minimum Gasteiger partial charge on any atom is -0.493 e. The van der Waals surface area contributed by atoms with E-state index >= 15 is 0 Å². The number of Topliss-reactive ketones (excluding diaryl/α,β-unsaturated/α-hetero) is 2. The first kappa shape index (κ1) is 26.7. The van der Waals surface area contributed by atoms with Crippen molar-refractivity contribution in [2.75, 3.05) is 27.4 Å². The van der Waals surface area contributed by atoms with Gasteiger partial charge in [-0.1, -0.05) is 34.1 Å². The molecule has 0 amide bonds. The predicted octanol–water partition coefficient (Wildman–Crippen LogP) is 6.49. The van der Waals surface area contributed by atoms with Crippen molar-refractivity contribution in [3.05, 3.63) is 80.6 Å². The number of methoxy groups -OCH3 is 2. The molecule has 3 aliphatic rings. The van der Waals surface area contributed by atoms with Gasteiger partial charge in [0.2, 0.25) is 0 Å². The molecule has 2 aromatic carbocycles. The van der Waals surface area contributed by atoms with Crippen molar-refractivity contribution < 1.29 is 23.8 Å². The lowest BCUT2D eigenvalue weighted by Gasteiger charge is -2.44. The van der Waals surface area contributed by atoms with Gasteiger partial charge in [0.1, 0.15) is 6.61 Å². The van der Waals surface area contributed by atoms with Crippen LogP contribution in [0.5, 0.6) is 11.5 Å². The second-order valence-corrected chi connectivity index (χ2v) is 10.9. The van der Waals surface area contributed by atoms with E-state index in [1.54, 1.807) is 14.2 Å². The van der Waals surface area contributed by atoms with Crippen LogP contribution in [0.3, 0.4) is 0 Å². The zero-order valence-electron chi connectivity index (χ0n) is 22.1.